The van der Waals surface area contributed by atoms with Crippen molar-refractivity contribution >= 4 is 39.8 Å². The van der Waals surface area contributed by atoms with Gasteiger partial charge in [-0.25, -0.2) is 0 Å². The summed E-state index contributed by atoms with van der Waals surface area (Å²) in [6.07, 6.45) is -5.65. The lowest BCUT2D eigenvalue weighted by Gasteiger charge is -2.39. The second-order valence-corrected chi connectivity index (χ2v) is 8.05. The Bertz CT molecular complexity index is 1140. The van der Waals surface area contributed by atoms with Crippen LogP contribution in [0.2, 0.25) is 10.0 Å². The van der Waals surface area contributed by atoms with Crippen molar-refractivity contribution in [1.29, 1.82) is 0 Å². The lowest BCUT2D eigenvalue weighted by atomic mass is 9.99. The summed E-state index contributed by atoms with van der Waals surface area (Å²) in [7, 11) is 0. The van der Waals surface area contributed by atoms with Crippen molar-refractivity contribution in [2.24, 2.45) is 0 Å². The molecule has 1 saturated heterocycles. The molecule has 0 radical (unpaired) electrons. The molecule has 4 rings (SSSR count). The third-order valence-corrected chi connectivity index (χ3v) is 5.79. The van der Waals surface area contributed by atoms with E-state index >= 15 is 0 Å². The van der Waals surface area contributed by atoms with Gasteiger partial charge in [-0.2, -0.15) is 0 Å². The number of aliphatic hydroxyl groups excluding tert-OH is 4. The maximum Gasteiger partial charge on any atom is 0.270 e. The predicted molar refractivity (Wildman–Crippen MR) is 114 cm³/mol. The number of nitro groups is 1. The van der Waals surface area contributed by atoms with Gasteiger partial charge in [-0.3, -0.25) is 10.1 Å². The topological polar surface area (TPSA) is 147 Å². The van der Waals surface area contributed by atoms with Crippen LogP contribution in [0.1, 0.15) is 0 Å². The summed E-state index contributed by atoms with van der Waals surface area (Å²) in [5, 5.41) is 51.1. The molecule has 170 valence electrons. The van der Waals surface area contributed by atoms with E-state index in [4.69, 9.17) is 32.7 Å². The molecule has 32 heavy (non-hydrogen) atoms. The summed E-state index contributed by atoms with van der Waals surface area (Å²) in [5.74, 6) is -0.0338. The van der Waals surface area contributed by atoms with Crippen LogP contribution in [0.3, 0.4) is 0 Å². The highest BCUT2D eigenvalue weighted by Gasteiger charge is 2.45. The Morgan fingerprint density at radius 2 is 1.75 bits per heavy atom. The number of aliphatic hydroxyl groups is 4. The fourth-order valence-corrected chi connectivity index (χ4v) is 4.11. The van der Waals surface area contributed by atoms with Gasteiger partial charge in [0.1, 0.15) is 24.4 Å². The summed E-state index contributed by atoms with van der Waals surface area (Å²) < 4.78 is 12.6. The molecule has 5 atom stereocenters. The Morgan fingerprint density at radius 3 is 2.38 bits per heavy atom. The number of benzene rings is 2. The minimum atomic E-state index is -1.62. The van der Waals surface area contributed by atoms with E-state index in [-0.39, 0.29) is 21.5 Å². The highest BCUT2D eigenvalue weighted by atomic mass is 35.5. The maximum absolute atomic E-state index is 11.0. The van der Waals surface area contributed by atoms with Crippen LogP contribution < -0.4 is 4.74 Å². The van der Waals surface area contributed by atoms with E-state index in [9.17, 15) is 30.5 Å². The van der Waals surface area contributed by atoms with E-state index < -0.39 is 42.2 Å². The van der Waals surface area contributed by atoms with Crippen LogP contribution in [0.15, 0.2) is 42.6 Å². The van der Waals surface area contributed by atoms with Gasteiger partial charge in [0.05, 0.1) is 27.1 Å². The van der Waals surface area contributed by atoms with Crippen molar-refractivity contribution in [2.45, 2.75) is 30.7 Å². The van der Waals surface area contributed by atoms with Gasteiger partial charge in [-0.1, -0.05) is 23.2 Å². The Morgan fingerprint density at radius 1 is 1.06 bits per heavy atom. The second-order valence-electron chi connectivity index (χ2n) is 7.24. The van der Waals surface area contributed by atoms with Crippen molar-refractivity contribution < 1.29 is 34.8 Å². The number of ether oxygens (including phenoxy) is 2. The highest BCUT2D eigenvalue weighted by Crippen LogP contribution is 2.38. The zero-order valence-electron chi connectivity index (χ0n) is 16.2. The molecule has 0 amide bonds. The number of rotatable bonds is 5. The van der Waals surface area contributed by atoms with E-state index in [2.05, 4.69) is 0 Å². The van der Waals surface area contributed by atoms with Gasteiger partial charge < -0.3 is 34.5 Å². The van der Waals surface area contributed by atoms with E-state index in [0.29, 0.717) is 16.6 Å². The molecule has 10 nitrogen and oxygen atoms in total. The molecule has 2 unspecified atom stereocenters. The standard InChI is InChI=1S/C20H18Cl2N2O8/c21-12-6-11(23-4-3-9-5-10(24(29)30)1-2-14(9)23)7-13(22)19(12)32-20-18(28)17(27)16(26)15(8-25)31-20/h1-7,15-18,20,25-28H,8H2/t15?,16-,17+,18?,20-/m1/s1. The normalized spacial score (nSPS) is 25.8. The minimum Gasteiger partial charge on any atom is -0.459 e. The summed E-state index contributed by atoms with van der Waals surface area (Å²) in [5.41, 5.74) is 1.20. The van der Waals surface area contributed by atoms with Crippen molar-refractivity contribution in [2.75, 3.05) is 6.61 Å². The Labute approximate surface area is 190 Å². The summed E-state index contributed by atoms with van der Waals surface area (Å²) >= 11 is 12.7. The minimum absolute atomic E-state index is 0.0328. The smallest absolute Gasteiger partial charge is 0.270 e. The van der Waals surface area contributed by atoms with E-state index in [0.717, 1.165) is 0 Å². The number of non-ortho nitro benzene ring substituents is 1. The maximum atomic E-state index is 11.0. The number of hydrogen-bond donors (Lipinski definition) is 4. The van der Waals surface area contributed by atoms with E-state index in [1.54, 1.807) is 22.9 Å². The first-order chi connectivity index (χ1) is 15.2. The summed E-state index contributed by atoms with van der Waals surface area (Å²) in [6, 6.07) is 9.22. The molecule has 12 heteroatoms. The van der Waals surface area contributed by atoms with E-state index in [1.165, 1.54) is 24.3 Å². The molecule has 1 aliphatic rings. The number of halogens is 2. The molecule has 2 heterocycles. The number of aromatic nitrogens is 1. The van der Waals surface area contributed by atoms with Crippen molar-refractivity contribution in [3.63, 3.8) is 0 Å². The fourth-order valence-electron chi connectivity index (χ4n) is 3.55. The molecule has 0 saturated carbocycles. The molecule has 0 bridgehead atoms. The Hall–Kier alpha value is -2.44. The number of hydrogen-bond acceptors (Lipinski definition) is 8. The van der Waals surface area contributed by atoms with Crippen LogP contribution in [0.4, 0.5) is 5.69 Å². The SMILES string of the molecule is O=[N+]([O-])c1ccc2c(ccn2-c2cc(Cl)c(O[C@H]3OC(CO)[C@@H](O)[C@H](O)C3O)c(Cl)c2)c1. The zero-order chi connectivity index (χ0) is 23.2. The van der Waals surface area contributed by atoms with Crippen molar-refractivity contribution in [3.05, 3.63) is 62.8 Å². The van der Waals surface area contributed by atoms with Gasteiger partial charge >= 0.3 is 0 Å². The van der Waals surface area contributed by atoms with Crippen LogP contribution in [0.25, 0.3) is 16.6 Å². The third kappa shape index (κ3) is 4.02. The summed E-state index contributed by atoms with van der Waals surface area (Å²) in [6.45, 7) is -0.607. The summed E-state index contributed by atoms with van der Waals surface area (Å²) in [4.78, 5) is 10.5. The van der Waals surface area contributed by atoms with Gasteiger partial charge in [-0.05, 0) is 24.3 Å². The molecule has 1 aromatic heterocycles. The predicted octanol–water partition coefficient (Wildman–Crippen LogP) is 2.02. The molecule has 1 fully saturated rings. The highest BCUT2D eigenvalue weighted by molar-refractivity contribution is 6.37. The lowest BCUT2D eigenvalue weighted by molar-refractivity contribution is -0.384. The average molecular weight is 485 g/mol. The third-order valence-electron chi connectivity index (χ3n) is 5.23. The van der Waals surface area contributed by atoms with Crippen molar-refractivity contribution in [1.82, 2.24) is 4.57 Å². The molecule has 0 aliphatic carbocycles. The number of nitrogens with zero attached hydrogens (tertiary/aromatic N) is 2. The van der Waals surface area contributed by atoms with Gasteiger partial charge in [0.15, 0.2) is 5.75 Å². The first-order valence-electron chi connectivity index (χ1n) is 9.43. The largest absolute Gasteiger partial charge is 0.459 e. The monoisotopic (exact) mass is 484 g/mol. The molecule has 1 aliphatic heterocycles. The van der Waals surface area contributed by atoms with Gasteiger partial charge in [0.25, 0.3) is 5.69 Å². The van der Waals surface area contributed by atoms with Crippen LogP contribution in [-0.2, 0) is 4.74 Å². The lowest BCUT2D eigenvalue weighted by Crippen LogP contribution is -2.60. The quantitative estimate of drug-likeness (QED) is 0.317. The molecule has 4 N–H and O–H groups in total. The van der Waals surface area contributed by atoms with Crippen LogP contribution in [0.5, 0.6) is 5.75 Å². The van der Waals surface area contributed by atoms with E-state index in [1.807, 2.05) is 0 Å². The van der Waals surface area contributed by atoms with Gasteiger partial charge in [0.2, 0.25) is 6.29 Å². The molecule has 3 aromatic rings. The molecular formula is C20H18Cl2N2O8. The Balaban J connectivity index is 1.64. The average Bonchev–Trinajstić information content (AvgIpc) is 3.19. The van der Waals surface area contributed by atoms with Crippen LogP contribution in [-0.4, -0.2) is 67.2 Å². The molecule has 0 spiro atoms. The fraction of sp³-hybridized carbons (Fsp3) is 0.300. The van der Waals surface area contributed by atoms with Gasteiger partial charge in [0, 0.05) is 29.4 Å². The Kier molecular flexibility index (Phi) is 6.28. The van der Waals surface area contributed by atoms with Crippen LogP contribution >= 0.6 is 23.2 Å². The second kappa shape index (κ2) is 8.83. The molecule has 2 aromatic carbocycles. The number of fused-ring (bicyclic) bond motifs is 1. The first kappa shape index (κ1) is 22.7. The molecular weight excluding hydrogens is 467 g/mol. The zero-order valence-corrected chi connectivity index (χ0v) is 17.7. The van der Waals surface area contributed by atoms with Crippen molar-refractivity contribution in [3.8, 4) is 11.4 Å². The first-order valence-corrected chi connectivity index (χ1v) is 10.2. The van der Waals surface area contributed by atoms with Crippen LogP contribution in [0, 0.1) is 10.1 Å². The van der Waals surface area contributed by atoms with Gasteiger partial charge in [-0.15, -0.1) is 0 Å². The number of nitro benzene ring substituents is 1.